The Morgan fingerprint density at radius 1 is 1.47 bits per heavy atom. The van der Waals surface area contributed by atoms with E-state index in [0.29, 0.717) is 17.7 Å². The van der Waals surface area contributed by atoms with Crippen LogP contribution in [0.5, 0.6) is 0 Å². The third kappa shape index (κ3) is 3.24. The first-order valence-electron chi connectivity index (χ1n) is 5.53. The first kappa shape index (κ1) is 13.6. The maximum Gasteiger partial charge on any atom is 0.310 e. The topological polar surface area (TPSA) is 50.1 Å². The molecule has 0 N–H and O–H groups in total. The van der Waals surface area contributed by atoms with E-state index in [4.69, 9.17) is 10.00 Å². The summed E-state index contributed by atoms with van der Waals surface area (Å²) < 4.78 is 4.88. The molecule has 0 unspecified atom stereocenters. The van der Waals surface area contributed by atoms with Gasteiger partial charge in [-0.05, 0) is 30.5 Å². The van der Waals surface area contributed by atoms with E-state index in [1.54, 1.807) is 13.0 Å². The average Bonchev–Trinajstić information content (AvgIpc) is 2.31. The van der Waals surface area contributed by atoms with Crippen LogP contribution in [0, 0.1) is 11.3 Å². The molecular weight excluding hydrogens is 234 g/mol. The quantitative estimate of drug-likeness (QED) is 0.659. The number of nitriles is 1. The van der Waals surface area contributed by atoms with Crippen molar-refractivity contribution >= 4 is 18.6 Å². The van der Waals surface area contributed by atoms with Crippen molar-refractivity contribution in [3.63, 3.8) is 0 Å². The maximum absolute atomic E-state index is 11.4. The van der Waals surface area contributed by atoms with E-state index < -0.39 is 0 Å². The van der Waals surface area contributed by atoms with Crippen molar-refractivity contribution in [2.24, 2.45) is 0 Å². The lowest BCUT2D eigenvalue weighted by atomic mass is 9.98. The Balaban J connectivity index is 3.09. The molecule has 0 saturated heterocycles. The first-order valence-corrected chi connectivity index (χ1v) is 5.98. The van der Waals surface area contributed by atoms with Gasteiger partial charge in [-0.15, -0.1) is 12.6 Å². The first-order chi connectivity index (χ1) is 8.13. The Bertz CT molecular complexity index is 463. The molecule has 0 radical (unpaired) electrons. The zero-order valence-corrected chi connectivity index (χ0v) is 10.9. The second-order valence-corrected chi connectivity index (χ2v) is 4.03. The van der Waals surface area contributed by atoms with Crippen LogP contribution in [-0.4, -0.2) is 12.6 Å². The fraction of sp³-hybridized carbons (Fsp3) is 0.385. The summed E-state index contributed by atoms with van der Waals surface area (Å²) in [5, 5.41) is 9.16. The van der Waals surface area contributed by atoms with Crippen LogP contribution < -0.4 is 0 Å². The zero-order valence-electron chi connectivity index (χ0n) is 9.99. The minimum Gasteiger partial charge on any atom is -0.466 e. The smallest absolute Gasteiger partial charge is 0.310 e. The van der Waals surface area contributed by atoms with E-state index in [-0.39, 0.29) is 12.4 Å². The normalized spacial score (nSPS) is 9.76. The standard InChI is InChI=1S/C13H15NO2S/c1-3-10-11(8-14)9(5-6-12(10)17)7-13(15)16-4-2/h5-6,17H,3-4,7H2,1-2H3. The van der Waals surface area contributed by atoms with E-state index in [1.807, 2.05) is 13.0 Å². The highest BCUT2D eigenvalue weighted by atomic mass is 32.1. The van der Waals surface area contributed by atoms with Gasteiger partial charge in [-0.2, -0.15) is 5.26 Å². The molecule has 1 aromatic rings. The van der Waals surface area contributed by atoms with E-state index >= 15 is 0 Å². The van der Waals surface area contributed by atoms with Crippen molar-refractivity contribution < 1.29 is 9.53 Å². The Labute approximate surface area is 107 Å². The van der Waals surface area contributed by atoms with Crippen LogP contribution >= 0.6 is 12.6 Å². The molecule has 0 aliphatic rings. The molecule has 0 aromatic heterocycles. The molecule has 0 aliphatic heterocycles. The lowest BCUT2D eigenvalue weighted by molar-refractivity contribution is -0.142. The third-order valence-corrected chi connectivity index (χ3v) is 2.90. The van der Waals surface area contributed by atoms with Crippen molar-refractivity contribution in [1.29, 1.82) is 5.26 Å². The van der Waals surface area contributed by atoms with Crippen LogP contribution in [0.3, 0.4) is 0 Å². The van der Waals surface area contributed by atoms with Gasteiger partial charge in [0.05, 0.1) is 24.7 Å². The molecule has 0 saturated carbocycles. The minimum atomic E-state index is -0.307. The van der Waals surface area contributed by atoms with Gasteiger partial charge in [0, 0.05) is 4.90 Å². The number of esters is 1. The van der Waals surface area contributed by atoms with E-state index in [1.165, 1.54) is 0 Å². The van der Waals surface area contributed by atoms with Crippen molar-refractivity contribution in [1.82, 2.24) is 0 Å². The molecule has 90 valence electrons. The van der Waals surface area contributed by atoms with Gasteiger partial charge < -0.3 is 4.74 Å². The lowest BCUT2D eigenvalue weighted by Crippen LogP contribution is -2.09. The highest BCUT2D eigenvalue weighted by Crippen LogP contribution is 2.23. The van der Waals surface area contributed by atoms with Gasteiger partial charge in [0.15, 0.2) is 0 Å². The second kappa shape index (κ2) is 6.31. The van der Waals surface area contributed by atoms with E-state index in [0.717, 1.165) is 16.9 Å². The Hall–Kier alpha value is -1.47. The monoisotopic (exact) mass is 249 g/mol. The van der Waals surface area contributed by atoms with E-state index in [2.05, 4.69) is 18.7 Å². The Morgan fingerprint density at radius 3 is 2.71 bits per heavy atom. The van der Waals surface area contributed by atoms with Gasteiger partial charge in [-0.1, -0.05) is 13.0 Å². The van der Waals surface area contributed by atoms with Crippen LogP contribution in [0.1, 0.15) is 30.5 Å². The number of carbonyl (C=O) groups excluding carboxylic acids is 1. The van der Waals surface area contributed by atoms with Gasteiger partial charge in [-0.3, -0.25) is 4.79 Å². The molecule has 0 aliphatic carbocycles. The predicted molar refractivity (Wildman–Crippen MR) is 68.1 cm³/mol. The zero-order chi connectivity index (χ0) is 12.8. The Morgan fingerprint density at radius 2 is 2.18 bits per heavy atom. The number of thiol groups is 1. The molecule has 4 heteroatoms. The number of benzene rings is 1. The molecule has 0 atom stereocenters. The number of nitrogens with zero attached hydrogens (tertiary/aromatic N) is 1. The summed E-state index contributed by atoms with van der Waals surface area (Å²) >= 11 is 4.31. The number of carbonyl (C=O) groups is 1. The van der Waals surface area contributed by atoms with Crippen LogP contribution in [0.4, 0.5) is 0 Å². The minimum absolute atomic E-state index is 0.137. The third-order valence-electron chi connectivity index (χ3n) is 2.48. The SMILES string of the molecule is CCOC(=O)Cc1ccc(S)c(CC)c1C#N. The molecule has 0 bridgehead atoms. The molecular formula is C13H15NO2S. The largest absolute Gasteiger partial charge is 0.466 e. The molecule has 0 spiro atoms. The molecule has 3 nitrogen and oxygen atoms in total. The van der Waals surface area contributed by atoms with Gasteiger partial charge in [0.25, 0.3) is 0 Å². The summed E-state index contributed by atoms with van der Waals surface area (Å²) in [6, 6.07) is 5.72. The molecule has 0 heterocycles. The molecule has 0 amide bonds. The summed E-state index contributed by atoms with van der Waals surface area (Å²) in [7, 11) is 0. The van der Waals surface area contributed by atoms with Crippen LogP contribution in [0.15, 0.2) is 17.0 Å². The lowest BCUT2D eigenvalue weighted by Gasteiger charge is -2.10. The number of rotatable bonds is 4. The van der Waals surface area contributed by atoms with Crippen LogP contribution in [0.25, 0.3) is 0 Å². The summed E-state index contributed by atoms with van der Waals surface area (Å²) in [6.45, 7) is 4.08. The van der Waals surface area contributed by atoms with Gasteiger partial charge in [0.2, 0.25) is 0 Å². The molecule has 0 fully saturated rings. The summed E-state index contributed by atoms with van der Waals surface area (Å²) in [5.74, 6) is -0.307. The molecule has 1 rings (SSSR count). The van der Waals surface area contributed by atoms with E-state index in [9.17, 15) is 4.79 Å². The van der Waals surface area contributed by atoms with Crippen molar-refractivity contribution in [3.8, 4) is 6.07 Å². The van der Waals surface area contributed by atoms with Crippen molar-refractivity contribution in [2.75, 3.05) is 6.61 Å². The number of hydrogen-bond donors (Lipinski definition) is 1. The van der Waals surface area contributed by atoms with Gasteiger partial charge in [-0.25, -0.2) is 0 Å². The molecule has 17 heavy (non-hydrogen) atoms. The number of ether oxygens (including phenoxy) is 1. The second-order valence-electron chi connectivity index (χ2n) is 3.54. The summed E-state index contributed by atoms with van der Waals surface area (Å²) in [6.07, 6.45) is 0.857. The molecule has 1 aromatic carbocycles. The van der Waals surface area contributed by atoms with Crippen molar-refractivity contribution in [2.45, 2.75) is 31.6 Å². The average molecular weight is 249 g/mol. The van der Waals surface area contributed by atoms with Crippen LogP contribution in [0.2, 0.25) is 0 Å². The fourth-order valence-electron chi connectivity index (χ4n) is 1.70. The summed E-state index contributed by atoms with van der Waals surface area (Å²) in [5.41, 5.74) is 2.14. The predicted octanol–water partition coefficient (Wildman–Crippen LogP) is 2.51. The maximum atomic E-state index is 11.4. The van der Waals surface area contributed by atoms with Gasteiger partial charge >= 0.3 is 5.97 Å². The van der Waals surface area contributed by atoms with Gasteiger partial charge in [0.1, 0.15) is 0 Å². The highest BCUT2D eigenvalue weighted by Gasteiger charge is 2.13. The number of hydrogen-bond acceptors (Lipinski definition) is 4. The summed E-state index contributed by atoms with van der Waals surface area (Å²) in [4.78, 5) is 12.2. The van der Waals surface area contributed by atoms with Crippen LogP contribution in [-0.2, 0) is 22.4 Å². The highest BCUT2D eigenvalue weighted by molar-refractivity contribution is 7.80. The van der Waals surface area contributed by atoms with Crippen molar-refractivity contribution in [3.05, 3.63) is 28.8 Å². The fourth-order valence-corrected chi connectivity index (χ4v) is 2.04. The Kier molecular flexibility index (Phi) is 5.05.